The molecule has 0 spiro atoms. The first-order valence-electron chi connectivity index (χ1n) is 9.41. The minimum Gasteiger partial charge on any atom is -0.333 e. The lowest BCUT2D eigenvalue weighted by molar-refractivity contribution is 0.0486. The molecule has 2 aliphatic carbocycles. The van der Waals surface area contributed by atoms with Crippen molar-refractivity contribution in [1.29, 1.82) is 0 Å². The average Bonchev–Trinajstić information content (AvgIpc) is 3.36. The van der Waals surface area contributed by atoms with Gasteiger partial charge in [0.05, 0.1) is 0 Å². The monoisotopic (exact) mass is 340 g/mol. The number of nitrogens with zero attached hydrogens (tertiary/aromatic N) is 6. The Bertz CT molecular complexity index is 809. The molecule has 2 aromatic rings. The van der Waals surface area contributed by atoms with Crippen molar-refractivity contribution in [2.75, 3.05) is 26.2 Å². The Morgan fingerprint density at radius 1 is 1.16 bits per heavy atom. The molecule has 3 fully saturated rings. The number of carbonyl (C=O) groups is 1. The van der Waals surface area contributed by atoms with Gasteiger partial charge in [-0.1, -0.05) is 6.42 Å². The Hall–Kier alpha value is -2.02. The van der Waals surface area contributed by atoms with Crippen LogP contribution >= 0.6 is 0 Å². The molecule has 3 atom stereocenters. The van der Waals surface area contributed by atoms with E-state index in [1.165, 1.54) is 25.7 Å². The molecule has 7 nitrogen and oxygen atoms in total. The summed E-state index contributed by atoms with van der Waals surface area (Å²) in [5, 5.41) is 4.35. The van der Waals surface area contributed by atoms with Gasteiger partial charge < -0.3 is 4.90 Å². The third kappa shape index (κ3) is 2.52. The molecule has 1 amide bonds. The van der Waals surface area contributed by atoms with Crippen LogP contribution in [0.1, 0.15) is 42.0 Å². The van der Waals surface area contributed by atoms with Crippen molar-refractivity contribution in [2.24, 2.45) is 11.8 Å². The molecule has 2 aromatic heterocycles. The number of amides is 1. The second-order valence-electron chi connectivity index (χ2n) is 7.80. The van der Waals surface area contributed by atoms with Gasteiger partial charge in [-0.3, -0.25) is 9.69 Å². The summed E-state index contributed by atoms with van der Waals surface area (Å²) in [6, 6.07) is 2.63. The van der Waals surface area contributed by atoms with Crippen molar-refractivity contribution >= 4 is 11.7 Å². The van der Waals surface area contributed by atoms with Crippen molar-refractivity contribution in [3.8, 4) is 0 Å². The van der Waals surface area contributed by atoms with Crippen LogP contribution in [0.3, 0.4) is 0 Å². The van der Waals surface area contributed by atoms with Crippen LogP contribution in [-0.4, -0.2) is 67.5 Å². The van der Waals surface area contributed by atoms with Gasteiger partial charge in [0.25, 0.3) is 11.7 Å². The van der Waals surface area contributed by atoms with E-state index in [2.05, 4.69) is 20.0 Å². The molecule has 3 aliphatic rings. The van der Waals surface area contributed by atoms with E-state index < -0.39 is 0 Å². The number of piperazine rings is 1. The third-order valence-corrected chi connectivity index (χ3v) is 6.39. The Morgan fingerprint density at radius 2 is 2.00 bits per heavy atom. The third-order valence-electron chi connectivity index (χ3n) is 6.39. The van der Waals surface area contributed by atoms with Gasteiger partial charge in [-0.05, 0) is 44.1 Å². The number of fused-ring (bicyclic) bond motifs is 3. The SMILES string of the molecule is Cc1ccnc2nc(C(=O)N3CCN([C@@H]4C[C@H]5CC[C@H]4C5)CC3)nn12. The van der Waals surface area contributed by atoms with Crippen molar-refractivity contribution < 1.29 is 4.79 Å². The molecule has 0 unspecified atom stereocenters. The number of aryl methyl sites for hydroxylation is 1. The highest BCUT2D eigenvalue weighted by Crippen LogP contribution is 2.46. The number of hydrogen-bond donors (Lipinski definition) is 0. The second kappa shape index (κ2) is 5.76. The second-order valence-corrected chi connectivity index (χ2v) is 7.80. The van der Waals surface area contributed by atoms with Gasteiger partial charge in [-0.2, -0.15) is 4.98 Å². The van der Waals surface area contributed by atoms with E-state index in [0.717, 1.165) is 49.8 Å². The fourth-order valence-corrected chi connectivity index (χ4v) is 5.05. The Balaban J connectivity index is 1.27. The van der Waals surface area contributed by atoms with E-state index in [0.29, 0.717) is 5.78 Å². The summed E-state index contributed by atoms with van der Waals surface area (Å²) in [6.45, 7) is 5.43. The zero-order valence-corrected chi connectivity index (χ0v) is 14.6. The van der Waals surface area contributed by atoms with E-state index >= 15 is 0 Å². The molecule has 0 N–H and O–H groups in total. The summed E-state index contributed by atoms with van der Waals surface area (Å²) in [4.78, 5) is 25.8. The molecule has 0 radical (unpaired) electrons. The van der Waals surface area contributed by atoms with Gasteiger partial charge in [-0.25, -0.2) is 9.50 Å². The van der Waals surface area contributed by atoms with Crippen LogP contribution in [0, 0.1) is 18.8 Å². The highest BCUT2D eigenvalue weighted by atomic mass is 16.2. The zero-order chi connectivity index (χ0) is 17.0. The maximum absolute atomic E-state index is 12.8. The molecule has 1 aliphatic heterocycles. The first kappa shape index (κ1) is 15.3. The molecule has 132 valence electrons. The zero-order valence-electron chi connectivity index (χ0n) is 14.6. The molecule has 3 heterocycles. The molecule has 2 saturated carbocycles. The Labute approximate surface area is 147 Å². The largest absolute Gasteiger partial charge is 0.333 e. The normalized spacial score (nSPS) is 29.6. The molecule has 0 aromatic carbocycles. The van der Waals surface area contributed by atoms with E-state index in [1.54, 1.807) is 10.7 Å². The van der Waals surface area contributed by atoms with Crippen molar-refractivity contribution in [2.45, 2.75) is 38.6 Å². The van der Waals surface area contributed by atoms with Gasteiger partial charge in [0.15, 0.2) is 0 Å². The van der Waals surface area contributed by atoms with Crippen molar-refractivity contribution in [1.82, 2.24) is 29.4 Å². The fraction of sp³-hybridized carbons (Fsp3) is 0.667. The molecule has 7 heteroatoms. The summed E-state index contributed by atoms with van der Waals surface area (Å²) < 4.78 is 1.64. The van der Waals surface area contributed by atoms with Gasteiger partial charge >= 0.3 is 0 Å². The van der Waals surface area contributed by atoms with Crippen LogP contribution in [0.15, 0.2) is 12.3 Å². The number of carbonyl (C=O) groups excluding carboxylic acids is 1. The number of rotatable bonds is 2. The topological polar surface area (TPSA) is 66.6 Å². The van der Waals surface area contributed by atoms with Crippen LogP contribution < -0.4 is 0 Å². The molecule has 5 rings (SSSR count). The van der Waals surface area contributed by atoms with E-state index in [4.69, 9.17) is 0 Å². The predicted molar refractivity (Wildman–Crippen MR) is 92.2 cm³/mol. The quantitative estimate of drug-likeness (QED) is 0.826. The van der Waals surface area contributed by atoms with Crippen LogP contribution in [0.2, 0.25) is 0 Å². The van der Waals surface area contributed by atoms with Crippen LogP contribution in [0.5, 0.6) is 0 Å². The summed E-state index contributed by atoms with van der Waals surface area (Å²) in [7, 11) is 0. The lowest BCUT2D eigenvalue weighted by Crippen LogP contribution is -2.53. The number of hydrogen-bond acceptors (Lipinski definition) is 5. The average molecular weight is 340 g/mol. The molecule has 2 bridgehead atoms. The molecule has 1 saturated heterocycles. The van der Waals surface area contributed by atoms with Gasteiger partial charge in [0, 0.05) is 44.1 Å². The maximum Gasteiger partial charge on any atom is 0.293 e. The van der Waals surface area contributed by atoms with Gasteiger partial charge in [0.1, 0.15) is 0 Å². The Kier molecular flexibility index (Phi) is 3.51. The van der Waals surface area contributed by atoms with Crippen LogP contribution in [-0.2, 0) is 0 Å². The minimum absolute atomic E-state index is 0.0718. The maximum atomic E-state index is 12.8. The summed E-state index contributed by atoms with van der Waals surface area (Å²) in [5.74, 6) is 2.55. The standard InChI is InChI=1S/C18H24N6O/c1-12-4-5-19-18-20-16(21-24(12)18)17(25)23-8-6-22(7-9-23)15-11-13-2-3-14(15)10-13/h4-5,13-15H,2-3,6-11H2,1H3/t13-,14-,15+/m0/s1. The van der Waals surface area contributed by atoms with Crippen LogP contribution in [0.4, 0.5) is 0 Å². The number of aromatic nitrogens is 4. The van der Waals surface area contributed by atoms with Gasteiger partial charge in [0.2, 0.25) is 5.82 Å². The molecular weight excluding hydrogens is 316 g/mol. The summed E-state index contributed by atoms with van der Waals surface area (Å²) in [5.41, 5.74) is 0.928. The van der Waals surface area contributed by atoms with E-state index in [9.17, 15) is 4.79 Å². The first-order valence-corrected chi connectivity index (χ1v) is 9.41. The van der Waals surface area contributed by atoms with Crippen molar-refractivity contribution in [3.63, 3.8) is 0 Å². The predicted octanol–water partition coefficient (Wildman–Crippen LogP) is 1.38. The first-order chi connectivity index (χ1) is 12.2. The smallest absolute Gasteiger partial charge is 0.293 e. The highest BCUT2D eigenvalue weighted by molar-refractivity contribution is 5.91. The Morgan fingerprint density at radius 3 is 2.68 bits per heavy atom. The molecule has 25 heavy (non-hydrogen) atoms. The van der Waals surface area contributed by atoms with Gasteiger partial charge in [-0.15, -0.1) is 5.10 Å². The van der Waals surface area contributed by atoms with Crippen LogP contribution in [0.25, 0.3) is 5.78 Å². The fourth-order valence-electron chi connectivity index (χ4n) is 5.05. The minimum atomic E-state index is -0.0718. The summed E-state index contributed by atoms with van der Waals surface area (Å²) >= 11 is 0. The van der Waals surface area contributed by atoms with E-state index in [1.807, 2.05) is 17.9 Å². The highest BCUT2D eigenvalue weighted by Gasteiger charge is 2.43. The lowest BCUT2D eigenvalue weighted by atomic mass is 9.93. The van der Waals surface area contributed by atoms with E-state index in [-0.39, 0.29) is 11.7 Å². The summed E-state index contributed by atoms with van der Waals surface area (Å²) in [6.07, 6.45) is 7.35. The van der Waals surface area contributed by atoms with Crippen molar-refractivity contribution in [3.05, 3.63) is 23.8 Å². The lowest BCUT2D eigenvalue weighted by Gasteiger charge is -2.40. The molecular formula is C18H24N6O.